The predicted molar refractivity (Wildman–Crippen MR) is 146 cm³/mol. The second-order valence-electron chi connectivity index (χ2n) is 9.51. The number of hydrogen-bond donors (Lipinski definition) is 3. The number of allylic oxidation sites excluding steroid dienone is 4. The number of aromatic amines is 1. The summed E-state index contributed by atoms with van der Waals surface area (Å²) in [5, 5.41) is 7.53. The lowest BCUT2D eigenvalue weighted by molar-refractivity contribution is -0.108. The van der Waals surface area contributed by atoms with Crippen molar-refractivity contribution in [2.24, 2.45) is 5.92 Å². The molecule has 0 bridgehead atoms. The average molecular weight is 514 g/mol. The van der Waals surface area contributed by atoms with E-state index in [2.05, 4.69) is 49.6 Å². The standard InChI is InChI=1S/C19H20N4O3.C9H11N3/c1-12-9-14-17(19(25)23(7-8-24)11-21-14)22-16(12)15-10-20-18(26-15)13-5-3-2-4-6-13;1-10-6-8-4-7-5-11-3-2-9(7)12-8/h2-3,5,8,10-12,16,22H,4,6-7,9H2,1H3;2-5,10,12H,6H2,1H3. The van der Waals surface area contributed by atoms with Crippen LogP contribution in [0.2, 0.25) is 0 Å². The van der Waals surface area contributed by atoms with E-state index in [1.54, 1.807) is 12.4 Å². The number of nitrogens with one attached hydrogen (secondary N) is 3. The van der Waals surface area contributed by atoms with Crippen molar-refractivity contribution >= 4 is 28.4 Å². The molecule has 0 fully saturated rings. The van der Waals surface area contributed by atoms with Crippen LogP contribution in [0.25, 0.3) is 16.5 Å². The maximum atomic E-state index is 12.6. The molecule has 38 heavy (non-hydrogen) atoms. The number of pyridine rings is 1. The molecule has 3 N–H and O–H groups in total. The van der Waals surface area contributed by atoms with Gasteiger partial charge in [-0.15, -0.1) is 0 Å². The molecular weight excluding hydrogens is 482 g/mol. The lowest BCUT2D eigenvalue weighted by atomic mass is 9.90. The second kappa shape index (κ2) is 11.4. The Morgan fingerprint density at radius 1 is 1.29 bits per heavy atom. The zero-order valence-corrected chi connectivity index (χ0v) is 21.5. The summed E-state index contributed by atoms with van der Waals surface area (Å²) in [5.74, 6) is 1.53. The van der Waals surface area contributed by atoms with Crippen LogP contribution in [0.1, 0.15) is 48.8 Å². The minimum absolute atomic E-state index is 0.00482. The molecular formula is C28H31N7O3. The van der Waals surface area contributed by atoms with Crippen LogP contribution in [-0.2, 0) is 24.3 Å². The van der Waals surface area contributed by atoms with Gasteiger partial charge in [0, 0.05) is 41.1 Å². The number of carbonyl (C=O) groups is 1. The summed E-state index contributed by atoms with van der Waals surface area (Å²) < 4.78 is 7.31. The van der Waals surface area contributed by atoms with Crippen LogP contribution in [-0.4, -0.2) is 37.8 Å². The molecule has 2 atom stereocenters. The van der Waals surface area contributed by atoms with E-state index < -0.39 is 0 Å². The average Bonchev–Trinajstić information content (AvgIpc) is 3.59. The molecule has 1 aliphatic heterocycles. The number of oxazole rings is 1. The summed E-state index contributed by atoms with van der Waals surface area (Å²) in [6.45, 7) is 2.95. The van der Waals surface area contributed by atoms with Crippen molar-refractivity contribution in [3.05, 3.63) is 88.7 Å². The highest BCUT2D eigenvalue weighted by Crippen LogP contribution is 2.35. The lowest BCUT2D eigenvalue weighted by Crippen LogP contribution is -2.34. The van der Waals surface area contributed by atoms with Crippen LogP contribution >= 0.6 is 0 Å². The number of aromatic nitrogens is 5. The molecule has 10 heteroatoms. The first-order valence-electron chi connectivity index (χ1n) is 12.7. The number of rotatable bonds is 6. The van der Waals surface area contributed by atoms with Crippen molar-refractivity contribution in [2.75, 3.05) is 12.4 Å². The van der Waals surface area contributed by atoms with Crippen LogP contribution in [0.15, 0.2) is 64.5 Å². The van der Waals surface area contributed by atoms with Gasteiger partial charge in [-0.05, 0) is 44.4 Å². The van der Waals surface area contributed by atoms with Gasteiger partial charge in [0.15, 0.2) is 0 Å². The lowest BCUT2D eigenvalue weighted by Gasteiger charge is -2.30. The van der Waals surface area contributed by atoms with Crippen molar-refractivity contribution in [1.29, 1.82) is 0 Å². The van der Waals surface area contributed by atoms with Gasteiger partial charge in [0.2, 0.25) is 5.89 Å². The number of hydrogen-bond acceptors (Lipinski definition) is 8. The molecule has 1 aliphatic carbocycles. The smallest absolute Gasteiger partial charge is 0.277 e. The highest BCUT2D eigenvalue weighted by atomic mass is 16.4. The molecule has 5 heterocycles. The van der Waals surface area contributed by atoms with E-state index in [1.807, 2.05) is 31.5 Å². The molecule has 0 saturated heterocycles. The van der Waals surface area contributed by atoms with Crippen molar-refractivity contribution < 1.29 is 9.21 Å². The third-order valence-corrected chi connectivity index (χ3v) is 6.73. The highest BCUT2D eigenvalue weighted by molar-refractivity contribution is 5.79. The van der Waals surface area contributed by atoms with Gasteiger partial charge >= 0.3 is 0 Å². The SMILES string of the molecule is CC1Cc2ncn(CC=O)c(=O)c2NC1c1cnc(C2=CC=CCC2)o1.CNCc1cc2cnccc2[nH]1. The number of anilines is 1. The fraction of sp³-hybridized carbons (Fsp3) is 0.321. The van der Waals surface area contributed by atoms with Crippen LogP contribution < -0.4 is 16.2 Å². The maximum Gasteiger partial charge on any atom is 0.277 e. The quantitative estimate of drug-likeness (QED) is 0.332. The van der Waals surface area contributed by atoms with E-state index in [1.165, 1.54) is 22.0 Å². The summed E-state index contributed by atoms with van der Waals surface area (Å²) in [5.41, 5.74) is 4.35. The Bertz CT molecular complexity index is 1510. The van der Waals surface area contributed by atoms with E-state index in [9.17, 15) is 9.59 Å². The number of carbonyl (C=O) groups excluding carboxylic acids is 1. The molecule has 0 aromatic carbocycles. The van der Waals surface area contributed by atoms with Crippen molar-refractivity contribution in [2.45, 2.75) is 45.3 Å². The summed E-state index contributed by atoms with van der Waals surface area (Å²) in [4.78, 5) is 39.4. The summed E-state index contributed by atoms with van der Waals surface area (Å²) >= 11 is 0. The Hall–Kier alpha value is -4.31. The Labute approximate surface area is 219 Å². The highest BCUT2D eigenvalue weighted by Gasteiger charge is 2.32. The Balaban J connectivity index is 0.000000204. The van der Waals surface area contributed by atoms with Gasteiger partial charge in [0.1, 0.15) is 17.7 Å². The van der Waals surface area contributed by atoms with E-state index in [0.717, 1.165) is 36.2 Å². The first kappa shape index (κ1) is 25.3. The normalized spacial score (nSPS) is 18.2. The predicted octanol–water partition coefficient (Wildman–Crippen LogP) is 3.79. The van der Waals surface area contributed by atoms with Crippen molar-refractivity contribution in [3.8, 4) is 0 Å². The number of aldehydes is 1. The van der Waals surface area contributed by atoms with Crippen LogP contribution in [0, 0.1) is 5.92 Å². The fourth-order valence-corrected chi connectivity index (χ4v) is 4.78. The molecule has 0 amide bonds. The minimum Gasteiger partial charge on any atom is -0.439 e. The van der Waals surface area contributed by atoms with E-state index >= 15 is 0 Å². The summed E-state index contributed by atoms with van der Waals surface area (Å²) in [7, 11) is 1.93. The molecule has 0 radical (unpaired) electrons. The van der Waals surface area contributed by atoms with E-state index in [0.29, 0.717) is 30.0 Å². The molecule has 196 valence electrons. The zero-order valence-electron chi connectivity index (χ0n) is 21.5. The Kier molecular flexibility index (Phi) is 7.60. The number of H-pyrrole nitrogens is 1. The molecule has 0 saturated carbocycles. The third kappa shape index (κ3) is 5.35. The van der Waals surface area contributed by atoms with Crippen LogP contribution in [0.3, 0.4) is 0 Å². The van der Waals surface area contributed by atoms with Gasteiger partial charge in [-0.1, -0.05) is 25.2 Å². The zero-order chi connectivity index (χ0) is 26.5. The molecule has 2 aliphatic rings. The van der Waals surface area contributed by atoms with Crippen LogP contribution in [0.5, 0.6) is 0 Å². The van der Waals surface area contributed by atoms with Crippen molar-refractivity contribution in [1.82, 2.24) is 29.8 Å². The Morgan fingerprint density at radius 2 is 2.18 bits per heavy atom. The first-order chi connectivity index (χ1) is 18.6. The number of fused-ring (bicyclic) bond motifs is 2. The monoisotopic (exact) mass is 513 g/mol. The molecule has 4 aromatic rings. The minimum atomic E-state index is -0.237. The van der Waals surface area contributed by atoms with Crippen LogP contribution in [0.4, 0.5) is 5.69 Å². The first-order valence-corrected chi connectivity index (χ1v) is 12.7. The largest absolute Gasteiger partial charge is 0.439 e. The molecule has 10 nitrogen and oxygen atoms in total. The van der Waals surface area contributed by atoms with Gasteiger partial charge < -0.3 is 24.8 Å². The van der Waals surface area contributed by atoms with Gasteiger partial charge in [-0.3, -0.25) is 14.3 Å². The van der Waals surface area contributed by atoms with Gasteiger partial charge in [-0.2, -0.15) is 0 Å². The Morgan fingerprint density at radius 3 is 2.95 bits per heavy atom. The van der Waals surface area contributed by atoms with Gasteiger partial charge in [0.05, 0.1) is 30.8 Å². The summed E-state index contributed by atoms with van der Waals surface area (Å²) in [6.07, 6.45) is 16.2. The van der Waals surface area contributed by atoms with Gasteiger partial charge in [-0.25, -0.2) is 9.97 Å². The van der Waals surface area contributed by atoms with Crippen molar-refractivity contribution in [3.63, 3.8) is 0 Å². The maximum absolute atomic E-state index is 12.6. The number of nitrogens with zero attached hydrogens (tertiary/aromatic N) is 4. The van der Waals surface area contributed by atoms with E-state index in [4.69, 9.17) is 4.42 Å². The second-order valence-corrected chi connectivity index (χ2v) is 9.51. The van der Waals surface area contributed by atoms with E-state index in [-0.39, 0.29) is 24.1 Å². The molecule has 0 spiro atoms. The summed E-state index contributed by atoms with van der Waals surface area (Å²) in [6, 6.07) is 3.93. The van der Waals surface area contributed by atoms with Gasteiger partial charge in [0.25, 0.3) is 5.56 Å². The molecule has 2 unspecified atom stereocenters. The molecule has 4 aromatic heterocycles. The third-order valence-electron chi connectivity index (χ3n) is 6.73. The fourth-order valence-electron chi connectivity index (χ4n) is 4.78. The topological polar surface area (TPSA) is 131 Å². The molecule has 6 rings (SSSR count).